The van der Waals surface area contributed by atoms with Gasteiger partial charge in [-0.3, -0.25) is 4.79 Å². The quantitative estimate of drug-likeness (QED) is 0.834. The Morgan fingerprint density at radius 3 is 3.11 bits per heavy atom. The average Bonchev–Trinajstić information content (AvgIpc) is 2.98. The van der Waals surface area contributed by atoms with E-state index in [2.05, 4.69) is 11.4 Å². The smallest absolute Gasteiger partial charge is 0.310 e. The van der Waals surface area contributed by atoms with Gasteiger partial charge in [0.2, 0.25) is 0 Å². The molecule has 1 saturated heterocycles. The predicted molar refractivity (Wildman–Crippen MR) is 71.4 cm³/mol. The van der Waals surface area contributed by atoms with E-state index in [1.165, 1.54) is 7.11 Å². The summed E-state index contributed by atoms with van der Waals surface area (Å²) < 4.78 is 4.91. The molecular formula is C15H18N2O2. The van der Waals surface area contributed by atoms with Crippen LogP contribution < -0.4 is 5.32 Å². The molecule has 0 amide bonds. The number of nitriles is 1. The van der Waals surface area contributed by atoms with Crippen molar-refractivity contribution < 1.29 is 9.53 Å². The standard InChI is InChI=1S/C15H18N2O2/c1-19-15(18)13(14-6-3-7-17-14)9-11-4-2-5-12(8-11)10-16/h2,4-5,8,13-14,17H,3,6-7,9H2,1H3/t13-,14?/m1/s1. The number of benzene rings is 1. The molecule has 2 atom stereocenters. The van der Waals surface area contributed by atoms with E-state index in [9.17, 15) is 4.79 Å². The molecule has 0 saturated carbocycles. The number of hydrogen-bond donors (Lipinski definition) is 1. The lowest BCUT2D eigenvalue weighted by molar-refractivity contribution is -0.146. The van der Waals surface area contributed by atoms with Crippen molar-refractivity contribution >= 4 is 5.97 Å². The number of rotatable bonds is 4. The van der Waals surface area contributed by atoms with Crippen molar-refractivity contribution in [3.63, 3.8) is 0 Å². The Hall–Kier alpha value is -1.86. The van der Waals surface area contributed by atoms with Crippen LogP contribution in [0.5, 0.6) is 0 Å². The number of carbonyl (C=O) groups excluding carboxylic acids is 1. The van der Waals surface area contributed by atoms with Crippen LogP contribution in [0.4, 0.5) is 0 Å². The third-order valence-corrected chi connectivity index (χ3v) is 3.60. The summed E-state index contributed by atoms with van der Waals surface area (Å²) in [7, 11) is 1.43. The molecular weight excluding hydrogens is 240 g/mol. The van der Waals surface area contributed by atoms with Crippen LogP contribution in [0.25, 0.3) is 0 Å². The van der Waals surface area contributed by atoms with Gasteiger partial charge in [-0.2, -0.15) is 5.26 Å². The van der Waals surface area contributed by atoms with E-state index < -0.39 is 0 Å². The minimum Gasteiger partial charge on any atom is -0.469 e. The summed E-state index contributed by atoms with van der Waals surface area (Å²) in [4.78, 5) is 11.9. The van der Waals surface area contributed by atoms with E-state index in [4.69, 9.17) is 10.00 Å². The van der Waals surface area contributed by atoms with E-state index in [1.54, 1.807) is 6.07 Å². The minimum atomic E-state index is -0.179. The Balaban J connectivity index is 2.14. The largest absolute Gasteiger partial charge is 0.469 e. The van der Waals surface area contributed by atoms with E-state index in [0.29, 0.717) is 12.0 Å². The number of nitrogens with one attached hydrogen (secondary N) is 1. The number of nitrogens with zero attached hydrogens (tertiary/aromatic N) is 1. The van der Waals surface area contributed by atoms with Crippen molar-refractivity contribution in [3.8, 4) is 6.07 Å². The SMILES string of the molecule is COC(=O)[C@H](Cc1cccc(C#N)c1)C1CCCN1. The molecule has 100 valence electrons. The second-order valence-electron chi connectivity index (χ2n) is 4.85. The molecule has 1 aliphatic rings. The molecule has 0 spiro atoms. The Labute approximate surface area is 113 Å². The zero-order valence-electron chi connectivity index (χ0n) is 11.1. The lowest BCUT2D eigenvalue weighted by atomic mass is 9.90. The Morgan fingerprint density at radius 1 is 1.63 bits per heavy atom. The van der Waals surface area contributed by atoms with Gasteiger partial charge in [-0.1, -0.05) is 12.1 Å². The summed E-state index contributed by atoms with van der Waals surface area (Å²) in [5.41, 5.74) is 1.63. The molecule has 19 heavy (non-hydrogen) atoms. The minimum absolute atomic E-state index is 0.179. The summed E-state index contributed by atoms with van der Waals surface area (Å²) in [6.45, 7) is 0.955. The van der Waals surface area contributed by atoms with Crippen LogP contribution in [-0.4, -0.2) is 25.7 Å². The molecule has 0 aliphatic carbocycles. The number of hydrogen-bond acceptors (Lipinski definition) is 4. The molecule has 2 rings (SSSR count). The third kappa shape index (κ3) is 3.33. The van der Waals surface area contributed by atoms with Crippen LogP contribution in [0.15, 0.2) is 24.3 Å². The molecule has 0 aromatic heterocycles. The fourth-order valence-electron chi connectivity index (χ4n) is 2.62. The van der Waals surface area contributed by atoms with Crippen molar-refractivity contribution in [3.05, 3.63) is 35.4 Å². The van der Waals surface area contributed by atoms with Gasteiger partial charge < -0.3 is 10.1 Å². The van der Waals surface area contributed by atoms with Gasteiger partial charge in [0.25, 0.3) is 0 Å². The number of esters is 1. The van der Waals surface area contributed by atoms with Gasteiger partial charge in [0.05, 0.1) is 24.7 Å². The van der Waals surface area contributed by atoms with Crippen LogP contribution >= 0.6 is 0 Å². The zero-order valence-corrected chi connectivity index (χ0v) is 11.1. The fourth-order valence-corrected chi connectivity index (χ4v) is 2.62. The van der Waals surface area contributed by atoms with Gasteiger partial charge in [0, 0.05) is 6.04 Å². The Kier molecular flexibility index (Phi) is 4.53. The highest BCUT2D eigenvalue weighted by atomic mass is 16.5. The highest BCUT2D eigenvalue weighted by Crippen LogP contribution is 2.21. The molecule has 0 radical (unpaired) electrons. The maximum Gasteiger partial charge on any atom is 0.310 e. The molecule has 1 fully saturated rings. The predicted octanol–water partition coefficient (Wildman–Crippen LogP) is 1.64. The first kappa shape index (κ1) is 13.6. The van der Waals surface area contributed by atoms with E-state index >= 15 is 0 Å². The van der Waals surface area contributed by atoms with Crippen molar-refractivity contribution in [1.82, 2.24) is 5.32 Å². The average molecular weight is 258 g/mol. The lowest BCUT2D eigenvalue weighted by Gasteiger charge is -2.21. The zero-order chi connectivity index (χ0) is 13.7. The third-order valence-electron chi connectivity index (χ3n) is 3.60. The van der Waals surface area contributed by atoms with E-state index in [1.807, 2.05) is 18.2 Å². The second kappa shape index (κ2) is 6.35. The van der Waals surface area contributed by atoms with Crippen molar-refractivity contribution in [1.29, 1.82) is 5.26 Å². The van der Waals surface area contributed by atoms with Crippen LogP contribution in [0.3, 0.4) is 0 Å². The maximum absolute atomic E-state index is 11.9. The highest BCUT2D eigenvalue weighted by Gasteiger charge is 2.31. The number of carbonyl (C=O) groups is 1. The summed E-state index contributed by atoms with van der Waals surface area (Å²) >= 11 is 0. The summed E-state index contributed by atoms with van der Waals surface area (Å²) in [6.07, 6.45) is 2.70. The first-order valence-corrected chi connectivity index (χ1v) is 6.55. The van der Waals surface area contributed by atoms with Crippen LogP contribution in [0.2, 0.25) is 0 Å². The van der Waals surface area contributed by atoms with Crippen molar-refractivity contribution in [2.75, 3.05) is 13.7 Å². The van der Waals surface area contributed by atoms with Crippen LogP contribution in [0, 0.1) is 17.2 Å². The topological polar surface area (TPSA) is 62.1 Å². The second-order valence-corrected chi connectivity index (χ2v) is 4.85. The molecule has 1 unspecified atom stereocenters. The Bertz CT molecular complexity index is 487. The molecule has 1 aromatic rings. The fraction of sp³-hybridized carbons (Fsp3) is 0.467. The van der Waals surface area contributed by atoms with Crippen molar-refractivity contribution in [2.45, 2.75) is 25.3 Å². The highest BCUT2D eigenvalue weighted by molar-refractivity contribution is 5.73. The first-order chi connectivity index (χ1) is 9.24. The maximum atomic E-state index is 11.9. The summed E-state index contributed by atoms with van der Waals surface area (Å²) in [6, 6.07) is 9.71. The molecule has 1 heterocycles. The van der Waals surface area contributed by atoms with Gasteiger partial charge in [0.1, 0.15) is 0 Å². The number of ether oxygens (including phenoxy) is 1. The molecule has 1 aromatic carbocycles. The monoisotopic (exact) mass is 258 g/mol. The molecule has 0 bridgehead atoms. The molecule has 1 aliphatic heterocycles. The van der Waals surface area contributed by atoms with Crippen LogP contribution in [0.1, 0.15) is 24.0 Å². The summed E-state index contributed by atoms with van der Waals surface area (Å²) in [5.74, 6) is -0.358. The Morgan fingerprint density at radius 2 is 2.47 bits per heavy atom. The van der Waals surface area contributed by atoms with Gasteiger partial charge in [-0.05, 0) is 43.5 Å². The summed E-state index contributed by atoms with van der Waals surface area (Å²) in [5, 5.41) is 12.3. The molecule has 1 N–H and O–H groups in total. The lowest BCUT2D eigenvalue weighted by Crippen LogP contribution is -2.37. The van der Waals surface area contributed by atoms with Gasteiger partial charge in [0.15, 0.2) is 0 Å². The first-order valence-electron chi connectivity index (χ1n) is 6.55. The van der Waals surface area contributed by atoms with Gasteiger partial charge >= 0.3 is 5.97 Å². The molecule has 4 nitrogen and oxygen atoms in total. The van der Waals surface area contributed by atoms with Crippen molar-refractivity contribution in [2.24, 2.45) is 5.92 Å². The molecule has 4 heteroatoms. The van der Waals surface area contributed by atoms with Crippen LogP contribution in [-0.2, 0) is 16.0 Å². The normalized spacial score (nSPS) is 19.7. The van der Waals surface area contributed by atoms with E-state index in [-0.39, 0.29) is 17.9 Å². The van der Waals surface area contributed by atoms with E-state index in [0.717, 1.165) is 24.9 Å². The number of methoxy groups -OCH3 is 1. The van der Waals surface area contributed by atoms with Gasteiger partial charge in [-0.15, -0.1) is 0 Å². The van der Waals surface area contributed by atoms with Gasteiger partial charge in [-0.25, -0.2) is 0 Å².